The second-order valence-electron chi connectivity index (χ2n) is 3.44. The van der Waals surface area contributed by atoms with Crippen LogP contribution in [0.25, 0.3) is 0 Å². The molecule has 0 bridgehead atoms. The molecule has 0 amide bonds. The molecule has 0 aliphatic heterocycles. The largest absolute Gasteiger partial charge is 0.478 e. The lowest BCUT2D eigenvalue weighted by Crippen LogP contribution is -2.11. The fourth-order valence-corrected chi connectivity index (χ4v) is 2.21. The molecule has 3 N–H and O–H groups in total. The van der Waals surface area contributed by atoms with Gasteiger partial charge in [-0.15, -0.1) is 0 Å². The molecule has 2 rings (SSSR count). The lowest BCUT2D eigenvalue weighted by Gasteiger charge is -2.09. The number of benzene rings is 1. The van der Waals surface area contributed by atoms with Crippen LogP contribution in [0.15, 0.2) is 12.1 Å². The van der Waals surface area contributed by atoms with E-state index < -0.39 is 5.97 Å². The van der Waals surface area contributed by atoms with E-state index in [1.54, 1.807) is 6.07 Å². The topological polar surface area (TPSA) is 63.3 Å². The average Bonchev–Trinajstić information content (AvgIpc) is 2.50. The van der Waals surface area contributed by atoms with Crippen LogP contribution in [-0.4, -0.2) is 11.1 Å². The van der Waals surface area contributed by atoms with E-state index in [1.165, 1.54) is 6.07 Å². The molecule has 1 aromatic rings. The number of hydrogen-bond acceptors (Lipinski definition) is 2. The summed E-state index contributed by atoms with van der Waals surface area (Å²) in [5.74, 6) is -0.935. The van der Waals surface area contributed by atoms with Gasteiger partial charge in [0.05, 0.1) is 5.56 Å². The van der Waals surface area contributed by atoms with Crippen molar-refractivity contribution in [1.29, 1.82) is 0 Å². The molecule has 0 heterocycles. The second kappa shape index (κ2) is 3.26. The predicted octanol–water partition coefficient (Wildman–Crippen LogP) is 1.98. The van der Waals surface area contributed by atoms with Crippen LogP contribution < -0.4 is 5.73 Å². The predicted molar refractivity (Wildman–Crippen MR) is 53.7 cm³/mol. The lowest BCUT2D eigenvalue weighted by molar-refractivity contribution is 0.0695. The second-order valence-corrected chi connectivity index (χ2v) is 3.84. The van der Waals surface area contributed by atoms with Gasteiger partial charge in [-0.25, -0.2) is 4.79 Å². The molecular formula is C10H10ClNO2. The summed E-state index contributed by atoms with van der Waals surface area (Å²) in [5.41, 5.74) is 7.73. The Morgan fingerprint density at radius 2 is 2.29 bits per heavy atom. The third kappa shape index (κ3) is 1.29. The first kappa shape index (κ1) is 9.49. The van der Waals surface area contributed by atoms with E-state index in [-0.39, 0.29) is 11.6 Å². The zero-order valence-corrected chi connectivity index (χ0v) is 8.21. The lowest BCUT2D eigenvalue weighted by atomic mass is 10.0. The van der Waals surface area contributed by atoms with Gasteiger partial charge in [0.1, 0.15) is 0 Å². The van der Waals surface area contributed by atoms with Crippen LogP contribution in [-0.2, 0) is 6.42 Å². The molecule has 74 valence electrons. The Balaban J connectivity index is 2.66. The van der Waals surface area contributed by atoms with Gasteiger partial charge in [-0.3, -0.25) is 0 Å². The van der Waals surface area contributed by atoms with Gasteiger partial charge in [-0.1, -0.05) is 11.6 Å². The summed E-state index contributed by atoms with van der Waals surface area (Å²) < 4.78 is 0. The summed E-state index contributed by atoms with van der Waals surface area (Å²) in [6, 6.07) is 2.96. The fraction of sp³-hybridized carbons (Fsp3) is 0.300. The van der Waals surface area contributed by atoms with Crippen molar-refractivity contribution in [1.82, 2.24) is 0 Å². The molecule has 1 aliphatic carbocycles. The van der Waals surface area contributed by atoms with Crippen molar-refractivity contribution in [3.63, 3.8) is 0 Å². The zero-order valence-electron chi connectivity index (χ0n) is 7.46. The van der Waals surface area contributed by atoms with Crippen molar-refractivity contribution in [3.8, 4) is 0 Å². The molecule has 3 nitrogen and oxygen atoms in total. The van der Waals surface area contributed by atoms with Gasteiger partial charge in [-0.05, 0) is 36.1 Å². The molecule has 0 saturated heterocycles. The number of carboxylic acid groups (broad SMARTS) is 1. The standard InChI is InChI=1S/C10H10ClNO2/c11-7-3-1-6(10(13)14)9-5(7)2-4-8(9)12/h1,3,8H,2,4,12H2,(H,13,14)/t8-/m1/s1. The number of fused-ring (bicyclic) bond motifs is 1. The number of carboxylic acids is 1. The first-order valence-corrected chi connectivity index (χ1v) is 4.79. The van der Waals surface area contributed by atoms with Crippen molar-refractivity contribution in [3.05, 3.63) is 33.8 Å². The van der Waals surface area contributed by atoms with Gasteiger partial charge < -0.3 is 10.8 Å². The smallest absolute Gasteiger partial charge is 0.336 e. The number of aromatic carboxylic acids is 1. The highest BCUT2D eigenvalue weighted by Crippen LogP contribution is 2.36. The maximum absolute atomic E-state index is 10.9. The van der Waals surface area contributed by atoms with Crippen molar-refractivity contribution in [2.45, 2.75) is 18.9 Å². The average molecular weight is 212 g/mol. The van der Waals surface area contributed by atoms with Gasteiger partial charge in [-0.2, -0.15) is 0 Å². The summed E-state index contributed by atoms with van der Waals surface area (Å²) in [4.78, 5) is 10.9. The molecule has 0 fully saturated rings. The monoisotopic (exact) mass is 211 g/mol. The normalized spacial score (nSPS) is 19.4. The van der Waals surface area contributed by atoms with Gasteiger partial charge in [0.25, 0.3) is 0 Å². The van der Waals surface area contributed by atoms with Crippen LogP contribution in [0.4, 0.5) is 0 Å². The summed E-state index contributed by atoms with van der Waals surface area (Å²) >= 11 is 5.96. The minimum atomic E-state index is -0.935. The first-order chi connectivity index (χ1) is 6.61. The Morgan fingerprint density at radius 3 is 2.93 bits per heavy atom. The molecular weight excluding hydrogens is 202 g/mol. The molecule has 14 heavy (non-hydrogen) atoms. The highest BCUT2D eigenvalue weighted by Gasteiger charge is 2.26. The Hall–Kier alpha value is -1.06. The Labute approximate surface area is 86.5 Å². The van der Waals surface area contributed by atoms with E-state index in [0.717, 1.165) is 18.4 Å². The van der Waals surface area contributed by atoms with Crippen LogP contribution in [0, 0.1) is 0 Å². The number of rotatable bonds is 1. The third-order valence-corrected chi connectivity index (χ3v) is 2.96. The quantitative estimate of drug-likeness (QED) is 0.747. The molecule has 0 aromatic heterocycles. The highest BCUT2D eigenvalue weighted by molar-refractivity contribution is 6.31. The van der Waals surface area contributed by atoms with E-state index >= 15 is 0 Å². The molecule has 0 saturated carbocycles. The van der Waals surface area contributed by atoms with Crippen molar-refractivity contribution >= 4 is 17.6 Å². The van der Waals surface area contributed by atoms with E-state index in [1.807, 2.05) is 0 Å². The zero-order chi connectivity index (χ0) is 10.3. The summed E-state index contributed by atoms with van der Waals surface area (Å²) in [6.07, 6.45) is 1.55. The molecule has 4 heteroatoms. The summed E-state index contributed by atoms with van der Waals surface area (Å²) in [5, 5.41) is 9.58. The molecule has 1 aromatic carbocycles. The molecule has 0 radical (unpaired) electrons. The van der Waals surface area contributed by atoms with Crippen LogP contribution in [0.2, 0.25) is 5.02 Å². The van der Waals surface area contributed by atoms with Crippen LogP contribution >= 0.6 is 11.6 Å². The van der Waals surface area contributed by atoms with Gasteiger partial charge in [0, 0.05) is 11.1 Å². The van der Waals surface area contributed by atoms with Crippen molar-refractivity contribution in [2.24, 2.45) is 5.73 Å². The van der Waals surface area contributed by atoms with Crippen LogP contribution in [0.1, 0.15) is 33.9 Å². The van der Waals surface area contributed by atoms with Crippen molar-refractivity contribution in [2.75, 3.05) is 0 Å². The summed E-state index contributed by atoms with van der Waals surface area (Å²) in [6.45, 7) is 0. The van der Waals surface area contributed by atoms with Gasteiger partial charge >= 0.3 is 5.97 Å². The summed E-state index contributed by atoms with van der Waals surface area (Å²) in [7, 11) is 0. The first-order valence-electron chi connectivity index (χ1n) is 4.41. The SMILES string of the molecule is N[C@@H]1CCc2c(Cl)ccc(C(=O)O)c21. The molecule has 1 atom stereocenters. The number of hydrogen-bond donors (Lipinski definition) is 2. The number of nitrogens with two attached hydrogens (primary N) is 1. The van der Waals surface area contributed by atoms with Gasteiger partial charge in [0.15, 0.2) is 0 Å². The van der Waals surface area contributed by atoms with Crippen LogP contribution in [0.5, 0.6) is 0 Å². The minimum Gasteiger partial charge on any atom is -0.478 e. The maximum Gasteiger partial charge on any atom is 0.336 e. The third-order valence-electron chi connectivity index (χ3n) is 2.61. The molecule has 0 unspecified atom stereocenters. The van der Waals surface area contributed by atoms with E-state index in [0.29, 0.717) is 10.6 Å². The highest BCUT2D eigenvalue weighted by atomic mass is 35.5. The Morgan fingerprint density at radius 1 is 1.57 bits per heavy atom. The number of halogens is 1. The fourth-order valence-electron chi connectivity index (χ4n) is 1.95. The molecule has 1 aliphatic rings. The Kier molecular flexibility index (Phi) is 2.21. The minimum absolute atomic E-state index is 0.185. The van der Waals surface area contributed by atoms with Crippen LogP contribution in [0.3, 0.4) is 0 Å². The molecule has 0 spiro atoms. The van der Waals surface area contributed by atoms with E-state index in [2.05, 4.69) is 0 Å². The number of carbonyl (C=O) groups is 1. The van der Waals surface area contributed by atoms with E-state index in [4.69, 9.17) is 22.4 Å². The Bertz CT molecular complexity index is 403. The van der Waals surface area contributed by atoms with Crippen molar-refractivity contribution < 1.29 is 9.90 Å². The van der Waals surface area contributed by atoms with Gasteiger partial charge in [0.2, 0.25) is 0 Å². The maximum atomic E-state index is 10.9. The van der Waals surface area contributed by atoms with E-state index in [9.17, 15) is 4.79 Å².